The molecule has 1 aromatic rings. The van der Waals surface area contributed by atoms with Crippen LogP contribution >= 0.6 is 7.60 Å². The first-order valence-electron chi connectivity index (χ1n) is 3.24. The first kappa shape index (κ1) is 7.04. The summed E-state index contributed by atoms with van der Waals surface area (Å²) in [5.41, 5.74) is 0.860. The van der Waals surface area contributed by atoms with Gasteiger partial charge in [-0.2, -0.15) is 0 Å². The van der Waals surface area contributed by atoms with Gasteiger partial charge in [0.05, 0.1) is 0 Å². The van der Waals surface area contributed by atoms with E-state index in [9.17, 15) is 4.57 Å². The molecule has 0 spiro atoms. The minimum absolute atomic E-state index is 0.632. The van der Waals surface area contributed by atoms with Crippen LogP contribution < -0.4 is 0 Å². The van der Waals surface area contributed by atoms with Gasteiger partial charge in [-0.15, -0.1) is 0 Å². The lowest BCUT2D eigenvalue weighted by Gasteiger charge is -2.27. The average Bonchev–Trinajstić information content (AvgIpc) is 1.85. The zero-order chi connectivity index (χ0) is 8.06. The standard InChI is InChI=1S/C7H7O3P/c8-11(9,10)7-5-2-1-3-6(7)4-5/h1-4,7H,(H2,8,9,10). The largest absolute Gasteiger partial charge is 0.337 e. The highest BCUT2D eigenvalue weighted by molar-refractivity contribution is 7.52. The van der Waals surface area contributed by atoms with Crippen LogP contribution in [0.25, 0.3) is 0 Å². The topological polar surface area (TPSA) is 57.5 Å². The highest BCUT2D eigenvalue weighted by Crippen LogP contribution is 2.59. The summed E-state index contributed by atoms with van der Waals surface area (Å²) in [6.07, 6.45) is 0. The molecular weight excluding hydrogens is 163 g/mol. The van der Waals surface area contributed by atoms with Gasteiger partial charge in [-0.05, 0) is 11.1 Å². The Bertz CT molecular complexity index is 315. The average molecular weight is 170 g/mol. The predicted octanol–water partition coefficient (Wildman–Crippen LogP) is 1.27. The van der Waals surface area contributed by atoms with E-state index < -0.39 is 13.3 Å². The Morgan fingerprint density at radius 3 is 2.09 bits per heavy atom. The Kier molecular flexibility index (Phi) is 1.25. The molecular formula is C7H7O3P. The summed E-state index contributed by atoms with van der Waals surface area (Å²) in [6, 6.07) is 7.06. The summed E-state index contributed by atoms with van der Waals surface area (Å²) in [5.74, 6) is 0. The van der Waals surface area contributed by atoms with Gasteiger partial charge in [-0.1, -0.05) is 24.3 Å². The molecule has 0 saturated heterocycles. The second-order valence-electron chi connectivity index (χ2n) is 2.66. The fraction of sp³-hybridized carbons (Fsp3) is 0.143. The van der Waals surface area contributed by atoms with Gasteiger partial charge >= 0.3 is 7.60 Å². The van der Waals surface area contributed by atoms with Crippen molar-refractivity contribution >= 4 is 7.60 Å². The molecule has 0 fully saturated rings. The van der Waals surface area contributed by atoms with Gasteiger partial charge in [-0.25, -0.2) is 0 Å². The maximum Gasteiger partial charge on any atom is 0.337 e. The molecule has 0 aliphatic heterocycles. The van der Waals surface area contributed by atoms with Crippen LogP contribution in [0.2, 0.25) is 0 Å². The number of rotatable bonds is 1. The normalized spacial score (nSPS) is 16.2. The smallest absolute Gasteiger partial charge is 0.324 e. The third-order valence-electron chi connectivity index (χ3n) is 1.88. The van der Waals surface area contributed by atoms with Gasteiger partial charge < -0.3 is 9.79 Å². The molecule has 0 radical (unpaired) electrons. The zero-order valence-electron chi connectivity index (χ0n) is 5.64. The Hall–Kier alpha value is -0.630. The number of benzene rings is 1. The lowest BCUT2D eigenvalue weighted by atomic mass is 9.93. The van der Waals surface area contributed by atoms with E-state index in [1.807, 2.05) is 0 Å². The third-order valence-corrected chi connectivity index (χ3v) is 3.15. The van der Waals surface area contributed by atoms with Crippen LogP contribution in [-0.4, -0.2) is 9.79 Å². The van der Waals surface area contributed by atoms with Gasteiger partial charge in [0.15, 0.2) is 0 Å². The Balaban J connectivity index is 2.45. The molecule has 0 unspecified atom stereocenters. The van der Waals surface area contributed by atoms with Crippen LogP contribution in [0.3, 0.4) is 0 Å². The zero-order valence-corrected chi connectivity index (χ0v) is 6.53. The minimum atomic E-state index is -3.94. The van der Waals surface area contributed by atoms with Crippen molar-refractivity contribution in [3.63, 3.8) is 0 Å². The van der Waals surface area contributed by atoms with Crippen molar-refractivity contribution in [2.24, 2.45) is 0 Å². The summed E-state index contributed by atoms with van der Waals surface area (Å²) < 4.78 is 10.8. The van der Waals surface area contributed by atoms with Crippen molar-refractivity contribution in [1.29, 1.82) is 0 Å². The van der Waals surface area contributed by atoms with E-state index in [2.05, 4.69) is 0 Å². The first-order chi connectivity index (χ1) is 5.09. The second kappa shape index (κ2) is 1.95. The first-order valence-corrected chi connectivity index (χ1v) is 4.92. The van der Waals surface area contributed by atoms with Gasteiger partial charge in [0.25, 0.3) is 0 Å². The van der Waals surface area contributed by atoms with Crippen molar-refractivity contribution in [2.75, 3.05) is 0 Å². The molecule has 0 amide bonds. The molecule has 11 heavy (non-hydrogen) atoms. The Morgan fingerprint density at radius 2 is 1.82 bits per heavy atom. The molecule has 2 aliphatic carbocycles. The Labute approximate surface area is 63.8 Å². The Morgan fingerprint density at radius 1 is 1.27 bits per heavy atom. The SMILES string of the molecule is O=P(O)(O)C1c2cccc1c2. The highest BCUT2D eigenvalue weighted by Gasteiger charge is 2.37. The fourth-order valence-corrected chi connectivity index (χ4v) is 2.48. The maximum atomic E-state index is 10.8. The number of hydrogen-bond donors (Lipinski definition) is 2. The van der Waals surface area contributed by atoms with Gasteiger partial charge in [0.1, 0.15) is 5.66 Å². The lowest BCUT2D eigenvalue weighted by molar-refractivity contribution is 0.362. The quantitative estimate of drug-likeness (QED) is 0.624. The van der Waals surface area contributed by atoms with Crippen LogP contribution in [0.1, 0.15) is 16.8 Å². The van der Waals surface area contributed by atoms with Crippen molar-refractivity contribution in [3.8, 4) is 0 Å². The fourth-order valence-electron chi connectivity index (χ4n) is 1.38. The van der Waals surface area contributed by atoms with Crippen LogP contribution in [-0.2, 0) is 4.57 Å². The number of fused-ring (bicyclic) bond motifs is 2. The van der Waals surface area contributed by atoms with Crippen molar-refractivity contribution in [1.82, 2.24) is 0 Å². The molecule has 0 aromatic heterocycles. The molecule has 2 aliphatic rings. The van der Waals surface area contributed by atoms with Crippen LogP contribution in [0.5, 0.6) is 0 Å². The monoisotopic (exact) mass is 170 g/mol. The molecule has 3 nitrogen and oxygen atoms in total. The van der Waals surface area contributed by atoms with E-state index in [4.69, 9.17) is 9.79 Å². The third kappa shape index (κ3) is 0.932. The molecule has 1 aromatic carbocycles. The van der Waals surface area contributed by atoms with E-state index in [-0.39, 0.29) is 0 Å². The van der Waals surface area contributed by atoms with Crippen LogP contribution in [0, 0.1) is 0 Å². The van der Waals surface area contributed by atoms with Crippen molar-refractivity contribution in [2.45, 2.75) is 5.66 Å². The summed E-state index contributed by atoms with van der Waals surface area (Å²) >= 11 is 0. The summed E-state index contributed by atoms with van der Waals surface area (Å²) in [4.78, 5) is 17.7. The number of hydrogen-bond acceptors (Lipinski definition) is 1. The molecule has 4 heteroatoms. The van der Waals surface area contributed by atoms with E-state index in [0.717, 1.165) is 11.1 Å². The van der Waals surface area contributed by atoms with E-state index in [1.54, 1.807) is 24.3 Å². The van der Waals surface area contributed by atoms with Gasteiger partial charge in [0.2, 0.25) is 0 Å². The summed E-state index contributed by atoms with van der Waals surface area (Å²) in [6.45, 7) is 0. The minimum Gasteiger partial charge on any atom is -0.324 e. The molecule has 0 heterocycles. The van der Waals surface area contributed by atoms with Crippen LogP contribution in [0.15, 0.2) is 24.3 Å². The maximum absolute atomic E-state index is 10.8. The molecule has 3 rings (SSSR count). The van der Waals surface area contributed by atoms with Gasteiger partial charge in [0, 0.05) is 0 Å². The van der Waals surface area contributed by atoms with E-state index in [0.29, 0.717) is 0 Å². The van der Waals surface area contributed by atoms with Crippen LogP contribution in [0.4, 0.5) is 0 Å². The molecule has 0 saturated carbocycles. The van der Waals surface area contributed by atoms with E-state index in [1.165, 1.54) is 0 Å². The summed E-state index contributed by atoms with van der Waals surface area (Å²) in [7, 11) is -3.94. The highest BCUT2D eigenvalue weighted by atomic mass is 31.2. The lowest BCUT2D eigenvalue weighted by Crippen LogP contribution is -2.10. The molecule has 2 bridgehead atoms. The molecule has 2 N–H and O–H groups in total. The molecule has 58 valence electrons. The van der Waals surface area contributed by atoms with E-state index >= 15 is 0 Å². The van der Waals surface area contributed by atoms with Crippen molar-refractivity contribution < 1.29 is 14.4 Å². The predicted molar refractivity (Wildman–Crippen MR) is 40.3 cm³/mol. The molecule has 0 atom stereocenters. The van der Waals surface area contributed by atoms with Gasteiger partial charge in [-0.3, -0.25) is 4.57 Å². The van der Waals surface area contributed by atoms with Crippen molar-refractivity contribution in [3.05, 3.63) is 35.4 Å². The summed E-state index contributed by atoms with van der Waals surface area (Å²) in [5, 5.41) is 0. The second-order valence-corrected chi connectivity index (χ2v) is 4.36.